The van der Waals surface area contributed by atoms with Gasteiger partial charge in [-0.3, -0.25) is 4.79 Å². The van der Waals surface area contributed by atoms with Crippen molar-refractivity contribution in [3.8, 4) is 5.75 Å². The Balaban J connectivity index is 1.98. The van der Waals surface area contributed by atoms with Crippen LogP contribution in [0.25, 0.3) is 0 Å². The zero-order valence-corrected chi connectivity index (χ0v) is 10.7. The van der Waals surface area contributed by atoms with Crippen LogP contribution < -0.4 is 5.32 Å². The second-order valence-electron chi connectivity index (χ2n) is 4.82. The van der Waals surface area contributed by atoms with E-state index in [1.54, 1.807) is 6.07 Å². The summed E-state index contributed by atoms with van der Waals surface area (Å²) in [7, 11) is 0. The molecule has 1 aromatic rings. The summed E-state index contributed by atoms with van der Waals surface area (Å²) in [4.78, 5) is 11.8. The highest BCUT2D eigenvalue weighted by Gasteiger charge is 2.33. The summed E-state index contributed by atoms with van der Waals surface area (Å²) in [5.41, 5.74) is -0.572. The number of phenols is 1. The first-order valence-corrected chi connectivity index (χ1v) is 6.37. The summed E-state index contributed by atoms with van der Waals surface area (Å²) in [6.45, 7) is 0. The Kier molecular flexibility index (Phi) is 3.78. The number of amides is 1. The zero-order chi connectivity index (χ0) is 13.2. The highest BCUT2D eigenvalue weighted by Crippen LogP contribution is 2.33. The molecule has 0 spiro atoms. The van der Waals surface area contributed by atoms with Crippen molar-refractivity contribution in [3.05, 3.63) is 23.2 Å². The standard InChI is InChI=1S/C13H16ClNO3/c14-9-3-4-10(11(16)7-9)15-12(17)8-13(18)5-1-2-6-13/h3-4,7,16,18H,1-2,5-6,8H2,(H,15,17). The van der Waals surface area contributed by atoms with E-state index >= 15 is 0 Å². The highest BCUT2D eigenvalue weighted by atomic mass is 35.5. The molecule has 18 heavy (non-hydrogen) atoms. The molecule has 0 heterocycles. The largest absolute Gasteiger partial charge is 0.506 e. The van der Waals surface area contributed by atoms with Crippen LogP contribution in [0.1, 0.15) is 32.1 Å². The maximum atomic E-state index is 11.8. The SMILES string of the molecule is O=C(CC1(O)CCCC1)Nc1ccc(Cl)cc1O. The van der Waals surface area contributed by atoms with E-state index in [0.717, 1.165) is 12.8 Å². The van der Waals surface area contributed by atoms with E-state index in [0.29, 0.717) is 23.6 Å². The topological polar surface area (TPSA) is 69.6 Å². The van der Waals surface area contributed by atoms with Crippen LogP contribution in [0.3, 0.4) is 0 Å². The Morgan fingerprint density at radius 1 is 1.39 bits per heavy atom. The molecule has 0 aliphatic heterocycles. The Morgan fingerprint density at radius 3 is 2.67 bits per heavy atom. The summed E-state index contributed by atoms with van der Waals surface area (Å²) in [6.07, 6.45) is 3.29. The summed E-state index contributed by atoms with van der Waals surface area (Å²) in [5.74, 6) is -0.369. The number of anilines is 1. The van der Waals surface area contributed by atoms with E-state index in [1.807, 2.05) is 0 Å². The van der Waals surface area contributed by atoms with Crippen LogP contribution in [0.5, 0.6) is 5.75 Å². The molecule has 1 amide bonds. The van der Waals surface area contributed by atoms with E-state index < -0.39 is 5.60 Å². The maximum Gasteiger partial charge on any atom is 0.227 e. The molecular weight excluding hydrogens is 254 g/mol. The molecule has 2 rings (SSSR count). The van der Waals surface area contributed by atoms with Crippen LogP contribution in [-0.4, -0.2) is 21.7 Å². The zero-order valence-electron chi connectivity index (χ0n) is 9.95. The third-order valence-electron chi connectivity index (χ3n) is 3.26. The first kappa shape index (κ1) is 13.2. The third kappa shape index (κ3) is 3.15. The molecule has 3 N–H and O–H groups in total. The summed E-state index contributed by atoms with van der Waals surface area (Å²) in [5, 5.41) is 22.7. The Hall–Kier alpha value is -1.26. The monoisotopic (exact) mass is 269 g/mol. The van der Waals surface area contributed by atoms with Gasteiger partial charge in [0.15, 0.2) is 0 Å². The van der Waals surface area contributed by atoms with Gasteiger partial charge in [-0.25, -0.2) is 0 Å². The number of carbonyl (C=O) groups is 1. The van der Waals surface area contributed by atoms with Crippen molar-refractivity contribution in [2.75, 3.05) is 5.32 Å². The number of hydrogen-bond acceptors (Lipinski definition) is 3. The molecule has 5 heteroatoms. The van der Waals surface area contributed by atoms with Crippen LogP contribution in [0.2, 0.25) is 5.02 Å². The van der Waals surface area contributed by atoms with Gasteiger partial charge in [-0.1, -0.05) is 24.4 Å². The van der Waals surface area contributed by atoms with E-state index in [4.69, 9.17) is 11.6 Å². The average Bonchev–Trinajstić information content (AvgIpc) is 2.69. The van der Waals surface area contributed by atoms with Crippen molar-refractivity contribution >= 4 is 23.2 Å². The molecule has 1 saturated carbocycles. The second kappa shape index (κ2) is 5.16. The molecule has 0 atom stereocenters. The van der Waals surface area contributed by atoms with Gasteiger partial charge < -0.3 is 15.5 Å². The predicted octanol–water partition coefficient (Wildman–Crippen LogP) is 2.68. The second-order valence-corrected chi connectivity index (χ2v) is 5.25. The summed E-state index contributed by atoms with van der Waals surface area (Å²) < 4.78 is 0. The van der Waals surface area contributed by atoms with Gasteiger partial charge in [0.25, 0.3) is 0 Å². The Morgan fingerprint density at radius 2 is 2.06 bits per heavy atom. The number of hydrogen-bond donors (Lipinski definition) is 3. The summed E-state index contributed by atoms with van der Waals surface area (Å²) >= 11 is 5.70. The average molecular weight is 270 g/mol. The smallest absolute Gasteiger partial charge is 0.227 e. The third-order valence-corrected chi connectivity index (χ3v) is 3.49. The van der Waals surface area contributed by atoms with Gasteiger partial charge in [-0.2, -0.15) is 0 Å². The van der Waals surface area contributed by atoms with Crippen molar-refractivity contribution < 1.29 is 15.0 Å². The van der Waals surface area contributed by atoms with Gasteiger partial charge in [0.2, 0.25) is 5.91 Å². The van der Waals surface area contributed by atoms with Crippen molar-refractivity contribution in [2.45, 2.75) is 37.7 Å². The minimum Gasteiger partial charge on any atom is -0.506 e. The van der Waals surface area contributed by atoms with Gasteiger partial charge >= 0.3 is 0 Å². The number of aliphatic hydroxyl groups is 1. The quantitative estimate of drug-likeness (QED) is 0.739. The van der Waals surface area contributed by atoms with E-state index in [1.165, 1.54) is 12.1 Å². The molecule has 0 unspecified atom stereocenters. The summed E-state index contributed by atoms with van der Waals surface area (Å²) in [6, 6.07) is 4.48. The van der Waals surface area contributed by atoms with Crippen molar-refractivity contribution in [2.24, 2.45) is 0 Å². The fourth-order valence-electron chi connectivity index (χ4n) is 2.31. The molecule has 0 saturated heterocycles. The molecular formula is C13H16ClNO3. The number of benzene rings is 1. The van der Waals surface area contributed by atoms with Crippen LogP contribution >= 0.6 is 11.6 Å². The first-order chi connectivity index (χ1) is 8.48. The molecule has 0 radical (unpaired) electrons. The molecule has 1 aliphatic rings. The van der Waals surface area contributed by atoms with E-state index in [2.05, 4.69) is 5.32 Å². The number of phenolic OH excluding ortho intramolecular Hbond substituents is 1. The van der Waals surface area contributed by atoms with Crippen LogP contribution in [0, 0.1) is 0 Å². The molecule has 0 aromatic heterocycles. The van der Waals surface area contributed by atoms with Crippen molar-refractivity contribution in [1.82, 2.24) is 0 Å². The van der Waals surface area contributed by atoms with Crippen molar-refractivity contribution in [1.29, 1.82) is 0 Å². The van der Waals surface area contributed by atoms with Crippen LogP contribution in [0.15, 0.2) is 18.2 Å². The lowest BCUT2D eigenvalue weighted by atomic mass is 9.97. The fraction of sp³-hybridized carbons (Fsp3) is 0.462. The molecule has 1 aromatic carbocycles. The normalized spacial score (nSPS) is 17.7. The Bertz CT molecular complexity index is 456. The van der Waals surface area contributed by atoms with Crippen LogP contribution in [0.4, 0.5) is 5.69 Å². The van der Waals surface area contributed by atoms with Gasteiger partial charge in [0, 0.05) is 11.1 Å². The lowest BCUT2D eigenvalue weighted by molar-refractivity contribution is -0.120. The number of aromatic hydroxyl groups is 1. The minimum atomic E-state index is -0.883. The number of carbonyl (C=O) groups excluding carboxylic acids is 1. The van der Waals surface area contributed by atoms with E-state index in [9.17, 15) is 15.0 Å². The fourth-order valence-corrected chi connectivity index (χ4v) is 2.48. The van der Waals surface area contributed by atoms with Gasteiger partial charge in [0.05, 0.1) is 17.7 Å². The highest BCUT2D eigenvalue weighted by molar-refractivity contribution is 6.30. The minimum absolute atomic E-state index is 0.0646. The molecule has 0 bridgehead atoms. The van der Waals surface area contributed by atoms with Crippen LogP contribution in [-0.2, 0) is 4.79 Å². The first-order valence-electron chi connectivity index (χ1n) is 5.99. The lowest BCUT2D eigenvalue weighted by Gasteiger charge is -2.21. The number of halogens is 1. The lowest BCUT2D eigenvalue weighted by Crippen LogP contribution is -2.30. The number of rotatable bonds is 3. The maximum absolute atomic E-state index is 11.8. The van der Waals surface area contributed by atoms with Gasteiger partial charge in [-0.05, 0) is 25.0 Å². The van der Waals surface area contributed by atoms with Crippen molar-refractivity contribution in [3.63, 3.8) is 0 Å². The molecule has 1 aliphatic carbocycles. The van der Waals surface area contributed by atoms with Gasteiger partial charge in [-0.15, -0.1) is 0 Å². The molecule has 1 fully saturated rings. The Labute approximate surface area is 111 Å². The number of nitrogens with one attached hydrogen (secondary N) is 1. The predicted molar refractivity (Wildman–Crippen MR) is 69.8 cm³/mol. The molecule has 98 valence electrons. The van der Waals surface area contributed by atoms with E-state index in [-0.39, 0.29) is 18.1 Å². The van der Waals surface area contributed by atoms with Gasteiger partial charge in [0.1, 0.15) is 5.75 Å². The molecule has 4 nitrogen and oxygen atoms in total.